The zero-order chi connectivity index (χ0) is 13.5. The molecule has 0 saturated heterocycles. The van der Waals surface area contributed by atoms with E-state index in [0.29, 0.717) is 11.6 Å². The van der Waals surface area contributed by atoms with Crippen LogP contribution in [0.25, 0.3) is 0 Å². The molecule has 1 rings (SSSR count). The molecule has 1 aromatic heterocycles. The molecule has 1 heterocycles. The molecule has 0 aromatic carbocycles. The number of rotatable bonds is 5. The first-order valence-electron chi connectivity index (χ1n) is 5.66. The van der Waals surface area contributed by atoms with Crippen molar-refractivity contribution >= 4 is 11.6 Å². The summed E-state index contributed by atoms with van der Waals surface area (Å²) in [6, 6.07) is 2.67. The normalized spacial score (nSPS) is 11.7. The van der Waals surface area contributed by atoms with E-state index in [9.17, 15) is 4.79 Å². The second kappa shape index (κ2) is 6.62. The first-order chi connectivity index (χ1) is 8.54. The summed E-state index contributed by atoms with van der Waals surface area (Å²) >= 11 is 0. The lowest BCUT2D eigenvalue weighted by atomic mass is 10.2. The maximum Gasteiger partial charge on any atom is 0.242 e. The molecular weight excluding hydrogens is 230 g/mol. The molecular formula is C13H17N3O2. The van der Waals surface area contributed by atoms with Gasteiger partial charge in [-0.25, -0.2) is 4.98 Å². The van der Waals surface area contributed by atoms with Gasteiger partial charge in [0.2, 0.25) is 11.8 Å². The summed E-state index contributed by atoms with van der Waals surface area (Å²) in [4.78, 5) is 15.8. The standard InChI is InChI=1S/C13H17N3O2/c1-4-6-10(14)12(17)16-11-7-5-8-15-13(11)18-9(2)3/h1,5,7-10H,6,14H2,2-3H3,(H,16,17). The van der Waals surface area contributed by atoms with E-state index in [-0.39, 0.29) is 18.4 Å². The summed E-state index contributed by atoms with van der Waals surface area (Å²) in [5.74, 6) is 2.37. The Bertz CT molecular complexity index is 452. The number of nitrogens with two attached hydrogens (primary N) is 1. The molecule has 5 nitrogen and oxygen atoms in total. The number of hydrogen-bond acceptors (Lipinski definition) is 4. The predicted octanol–water partition coefficient (Wildman–Crippen LogP) is 1.16. The van der Waals surface area contributed by atoms with Crippen LogP contribution in [0.15, 0.2) is 18.3 Å². The summed E-state index contributed by atoms with van der Waals surface area (Å²) < 4.78 is 5.48. The van der Waals surface area contributed by atoms with Crippen molar-refractivity contribution in [2.75, 3.05) is 5.32 Å². The van der Waals surface area contributed by atoms with Crippen LogP contribution in [0.5, 0.6) is 5.88 Å². The Morgan fingerprint density at radius 1 is 1.67 bits per heavy atom. The summed E-state index contributed by atoms with van der Waals surface area (Å²) in [6.45, 7) is 3.76. The van der Waals surface area contributed by atoms with Gasteiger partial charge in [0.15, 0.2) is 0 Å². The second-order valence-electron chi connectivity index (χ2n) is 4.03. The molecule has 1 unspecified atom stereocenters. The van der Waals surface area contributed by atoms with E-state index >= 15 is 0 Å². The molecule has 0 bridgehead atoms. The molecule has 0 saturated carbocycles. The van der Waals surface area contributed by atoms with Crippen molar-refractivity contribution in [1.29, 1.82) is 0 Å². The van der Waals surface area contributed by atoms with E-state index in [0.717, 1.165) is 0 Å². The van der Waals surface area contributed by atoms with Gasteiger partial charge < -0.3 is 15.8 Å². The number of hydrogen-bond donors (Lipinski definition) is 2. The highest BCUT2D eigenvalue weighted by molar-refractivity contribution is 5.95. The highest BCUT2D eigenvalue weighted by Crippen LogP contribution is 2.21. The van der Waals surface area contributed by atoms with E-state index in [2.05, 4.69) is 16.2 Å². The molecule has 0 spiro atoms. The van der Waals surface area contributed by atoms with Crippen molar-refractivity contribution in [1.82, 2.24) is 4.98 Å². The van der Waals surface area contributed by atoms with Crippen LogP contribution in [-0.2, 0) is 4.79 Å². The van der Waals surface area contributed by atoms with Crippen molar-refractivity contribution in [3.8, 4) is 18.2 Å². The Hall–Kier alpha value is -2.06. The zero-order valence-corrected chi connectivity index (χ0v) is 10.5. The van der Waals surface area contributed by atoms with Crippen molar-refractivity contribution in [3.63, 3.8) is 0 Å². The van der Waals surface area contributed by atoms with E-state index in [1.165, 1.54) is 0 Å². The zero-order valence-electron chi connectivity index (χ0n) is 10.5. The van der Waals surface area contributed by atoms with Gasteiger partial charge in [-0.1, -0.05) is 0 Å². The molecule has 5 heteroatoms. The Morgan fingerprint density at radius 2 is 2.39 bits per heavy atom. The first-order valence-corrected chi connectivity index (χ1v) is 5.66. The third kappa shape index (κ3) is 4.07. The number of amides is 1. The van der Waals surface area contributed by atoms with Gasteiger partial charge in [-0.2, -0.15) is 0 Å². The van der Waals surface area contributed by atoms with Gasteiger partial charge in [0, 0.05) is 12.6 Å². The smallest absolute Gasteiger partial charge is 0.242 e. The SMILES string of the molecule is C#CCC(N)C(=O)Nc1cccnc1OC(C)C. The predicted molar refractivity (Wildman–Crippen MR) is 70.1 cm³/mol. The lowest BCUT2D eigenvalue weighted by Gasteiger charge is -2.14. The summed E-state index contributed by atoms with van der Waals surface area (Å²) in [5, 5.41) is 2.65. The molecule has 3 N–H and O–H groups in total. The lowest BCUT2D eigenvalue weighted by Crippen LogP contribution is -2.35. The Labute approximate surface area is 107 Å². The van der Waals surface area contributed by atoms with Crippen LogP contribution >= 0.6 is 0 Å². The molecule has 1 aromatic rings. The van der Waals surface area contributed by atoms with Crippen LogP contribution < -0.4 is 15.8 Å². The topological polar surface area (TPSA) is 77.2 Å². The largest absolute Gasteiger partial charge is 0.473 e. The van der Waals surface area contributed by atoms with Crippen molar-refractivity contribution in [2.45, 2.75) is 32.4 Å². The van der Waals surface area contributed by atoms with Gasteiger partial charge >= 0.3 is 0 Å². The molecule has 0 aliphatic rings. The molecule has 96 valence electrons. The van der Waals surface area contributed by atoms with Gasteiger partial charge in [0.1, 0.15) is 5.69 Å². The molecule has 18 heavy (non-hydrogen) atoms. The molecule has 1 atom stereocenters. The van der Waals surface area contributed by atoms with Gasteiger partial charge in [-0.05, 0) is 26.0 Å². The minimum Gasteiger partial charge on any atom is -0.473 e. The maximum atomic E-state index is 11.7. The monoisotopic (exact) mass is 247 g/mol. The highest BCUT2D eigenvalue weighted by atomic mass is 16.5. The maximum absolute atomic E-state index is 11.7. The van der Waals surface area contributed by atoms with E-state index in [4.69, 9.17) is 16.9 Å². The highest BCUT2D eigenvalue weighted by Gasteiger charge is 2.15. The number of ether oxygens (including phenoxy) is 1. The van der Waals surface area contributed by atoms with Crippen LogP contribution in [0.2, 0.25) is 0 Å². The van der Waals surface area contributed by atoms with Crippen LogP contribution in [-0.4, -0.2) is 23.0 Å². The first kappa shape index (κ1) is 14.0. The van der Waals surface area contributed by atoms with E-state index < -0.39 is 6.04 Å². The third-order valence-electron chi connectivity index (χ3n) is 2.05. The summed E-state index contributed by atoms with van der Waals surface area (Å²) in [6.07, 6.45) is 6.86. The van der Waals surface area contributed by atoms with E-state index in [1.54, 1.807) is 18.3 Å². The molecule has 1 amide bonds. The van der Waals surface area contributed by atoms with Gasteiger partial charge in [-0.3, -0.25) is 4.79 Å². The fourth-order valence-electron chi connectivity index (χ4n) is 1.25. The van der Waals surface area contributed by atoms with Gasteiger partial charge in [0.05, 0.1) is 12.1 Å². The van der Waals surface area contributed by atoms with E-state index in [1.807, 2.05) is 13.8 Å². The van der Waals surface area contributed by atoms with Crippen LogP contribution in [0.4, 0.5) is 5.69 Å². The fraction of sp³-hybridized carbons (Fsp3) is 0.385. The van der Waals surface area contributed by atoms with Gasteiger partial charge in [-0.15, -0.1) is 12.3 Å². The lowest BCUT2D eigenvalue weighted by molar-refractivity contribution is -0.117. The van der Waals surface area contributed by atoms with Crippen molar-refractivity contribution in [2.24, 2.45) is 5.73 Å². The number of carbonyl (C=O) groups is 1. The molecule has 0 aliphatic heterocycles. The minimum atomic E-state index is -0.734. The number of anilines is 1. The van der Waals surface area contributed by atoms with Crippen molar-refractivity contribution in [3.05, 3.63) is 18.3 Å². The molecule has 0 fully saturated rings. The van der Waals surface area contributed by atoms with Crippen molar-refractivity contribution < 1.29 is 9.53 Å². The Morgan fingerprint density at radius 3 is 3.00 bits per heavy atom. The Kier molecular flexibility index (Phi) is 5.15. The second-order valence-corrected chi connectivity index (χ2v) is 4.03. The average molecular weight is 247 g/mol. The van der Waals surface area contributed by atoms with Crippen LogP contribution in [0.3, 0.4) is 0 Å². The van der Waals surface area contributed by atoms with Crippen LogP contribution in [0.1, 0.15) is 20.3 Å². The summed E-state index contributed by atoms with van der Waals surface area (Å²) in [7, 11) is 0. The third-order valence-corrected chi connectivity index (χ3v) is 2.05. The van der Waals surface area contributed by atoms with Crippen LogP contribution in [0, 0.1) is 12.3 Å². The summed E-state index contributed by atoms with van der Waals surface area (Å²) in [5.41, 5.74) is 6.10. The number of terminal acetylenes is 1. The number of nitrogens with zero attached hydrogens (tertiary/aromatic N) is 1. The average Bonchev–Trinajstić information content (AvgIpc) is 2.31. The molecule has 0 radical (unpaired) electrons. The number of nitrogens with one attached hydrogen (secondary N) is 1. The minimum absolute atomic E-state index is 0.0325. The quantitative estimate of drug-likeness (QED) is 0.765. The fourth-order valence-corrected chi connectivity index (χ4v) is 1.25. The van der Waals surface area contributed by atoms with Gasteiger partial charge in [0.25, 0.3) is 0 Å². The molecule has 0 aliphatic carbocycles. The number of carbonyl (C=O) groups excluding carboxylic acids is 1. The Balaban J connectivity index is 2.78. The number of pyridine rings is 1. The number of aromatic nitrogens is 1.